The fraction of sp³-hybridized carbons (Fsp3) is 0.588. The lowest BCUT2D eigenvalue weighted by atomic mass is 9.86. The average Bonchev–Trinajstić information content (AvgIpc) is 2.48. The first-order valence-electron chi connectivity index (χ1n) is 7.95. The molecule has 3 N–H and O–H groups in total. The number of quaternary nitrogens is 1. The molecule has 1 saturated carbocycles. The standard InChI is InChI=1S/C17H25ClN2O/c1-12-7-3-6-10-16(12)20-17(21)11-19-13(2)14-8-4-5-9-15(14)18/h4-5,8-9,12-13,16,19H,3,6-7,10-11H2,1-2H3,(H,20,21)/p+1/t12-,13-,16+/m0/s1. The van der Waals surface area contributed by atoms with Crippen molar-refractivity contribution in [3.8, 4) is 0 Å². The van der Waals surface area contributed by atoms with E-state index in [4.69, 9.17) is 11.6 Å². The van der Waals surface area contributed by atoms with Crippen LogP contribution >= 0.6 is 11.6 Å². The maximum Gasteiger partial charge on any atom is 0.275 e. The largest absolute Gasteiger partial charge is 0.348 e. The van der Waals surface area contributed by atoms with Crippen LogP contribution in [-0.4, -0.2) is 18.5 Å². The summed E-state index contributed by atoms with van der Waals surface area (Å²) in [5.74, 6) is 0.733. The Hall–Kier alpha value is -1.06. The summed E-state index contributed by atoms with van der Waals surface area (Å²) < 4.78 is 0. The zero-order valence-corrected chi connectivity index (χ0v) is 13.7. The van der Waals surface area contributed by atoms with Gasteiger partial charge >= 0.3 is 0 Å². The highest BCUT2D eigenvalue weighted by Crippen LogP contribution is 2.23. The Balaban J connectivity index is 1.79. The molecule has 0 unspecified atom stereocenters. The van der Waals surface area contributed by atoms with Crippen LogP contribution in [0.4, 0.5) is 0 Å². The molecule has 0 bridgehead atoms. The monoisotopic (exact) mass is 309 g/mol. The molecule has 0 spiro atoms. The molecule has 0 aromatic heterocycles. The highest BCUT2D eigenvalue weighted by atomic mass is 35.5. The van der Waals surface area contributed by atoms with E-state index in [9.17, 15) is 4.79 Å². The second kappa shape index (κ2) is 7.81. The molecule has 1 aliphatic carbocycles. The van der Waals surface area contributed by atoms with E-state index in [1.54, 1.807) is 0 Å². The summed E-state index contributed by atoms with van der Waals surface area (Å²) in [5, 5.41) is 6.00. The SMILES string of the molecule is C[C@H]([NH2+]CC(=O)N[C@@H]1CCCC[C@@H]1C)c1ccccc1Cl. The molecule has 4 heteroatoms. The van der Waals surface area contributed by atoms with Gasteiger partial charge in [-0.25, -0.2) is 0 Å². The number of amides is 1. The van der Waals surface area contributed by atoms with E-state index in [0.29, 0.717) is 18.5 Å². The van der Waals surface area contributed by atoms with Gasteiger partial charge in [0.2, 0.25) is 0 Å². The van der Waals surface area contributed by atoms with Crippen molar-refractivity contribution < 1.29 is 10.1 Å². The molecule has 3 nitrogen and oxygen atoms in total. The molecule has 0 saturated heterocycles. The van der Waals surface area contributed by atoms with Crippen molar-refractivity contribution in [3.05, 3.63) is 34.9 Å². The fourth-order valence-corrected chi connectivity index (χ4v) is 3.36. The number of nitrogens with one attached hydrogen (secondary N) is 1. The van der Waals surface area contributed by atoms with Crippen LogP contribution in [0.3, 0.4) is 0 Å². The van der Waals surface area contributed by atoms with Crippen LogP contribution in [0.5, 0.6) is 0 Å². The molecule has 21 heavy (non-hydrogen) atoms. The van der Waals surface area contributed by atoms with Crippen molar-refractivity contribution in [2.75, 3.05) is 6.54 Å². The number of halogens is 1. The number of rotatable bonds is 5. The third kappa shape index (κ3) is 4.72. The number of benzene rings is 1. The first kappa shape index (κ1) is 16.3. The van der Waals surface area contributed by atoms with Gasteiger partial charge in [0.15, 0.2) is 6.54 Å². The number of nitrogens with two attached hydrogens (primary N) is 1. The van der Waals surface area contributed by atoms with Gasteiger partial charge < -0.3 is 10.6 Å². The minimum absolute atomic E-state index is 0.132. The summed E-state index contributed by atoms with van der Waals surface area (Å²) in [6, 6.07) is 8.37. The molecule has 3 atom stereocenters. The van der Waals surface area contributed by atoms with Gasteiger partial charge in [0, 0.05) is 16.6 Å². The Bertz CT molecular complexity index is 478. The highest BCUT2D eigenvalue weighted by Gasteiger charge is 2.23. The maximum atomic E-state index is 12.1. The van der Waals surface area contributed by atoms with E-state index in [1.165, 1.54) is 19.3 Å². The normalized spacial score (nSPS) is 23.6. The van der Waals surface area contributed by atoms with Gasteiger partial charge in [0.1, 0.15) is 6.04 Å². The van der Waals surface area contributed by atoms with Gasteiger partial charge in [-0.05, 0) is 31.7 Å². The van der Waals surface area contributed by atoms with Gasteiger partial charge in [-0.15, -0.1) is 0 Å². The Morgan fingerprint density at radius 2 is 2.10 bits per heavy atom. The van der Waals surface area contributed by atoms with Crippen LogP contribution < -0.4 is 10.6 Å². The first-order chi connectivity index (χ1) is 10.1. The third-order valence-corrected chi connectivity index (χ3v) is 4.85. The van der Waals surface area contributed by atoms with E-state index in [2.05, 4.69) is 19.2 Å². The second-order valence-corrected chi connectivity index (χ2v) is 6.59. The fourth-order valence-electron chi connectivity index (χ4n) is 3.05. The van der Waals surface area contributed by atoms with Gasteiger partial charge in [-0.1, -0.05) is 49.6 Å². The highest BCUT2D eigenvalue weighted by molar-refractivity contribution is 6.31. The first-order valence-corrected chi connectivity index (χ1v) is 8.33. The number of carbonyl (C=O) groups is 1. The Labute approximate surface area is 132 Å². The Morgan fingerprint density at radius 3 is 2.81 bits per heavy atom. The maximum absolute atomic E-state index is 12.1. The van der Waals surface area contributed by atoms with Crippen LogP contribution in [0.15, 0.2) is 24.3 Å². The van der Waals surface area contributed by atoms with Crippen LogP contribution in [0.2, 0.25) is 5.02 Å². The lowest BCUT2D eigenvalue weighted by Crippen LogP contribution is -2.87. The van der Waals surface area contributed by atoms with Crippen molar-refractivity contribution in [1.29, 1.82) is 0 Å². The smallest absolute Gasteiger partial charge is 0.275 e. The van der Waals surface area contributed by atoms with E-state index < -0.39 is 0 Å². The molecule has 116 valence electrons. The van der Waals surface area contributed by atoms with Gasteiger partial charge in [0.25, 0.3) is 5.91 Å². The molecule has 1 fully saturated rings. The predicted molar refractivity (Wildman–Crippen MR) is 86.2 cm³/mol. The van der Waals surface area contributed by atoms with Gasteiger partial charge in [-0.3, -0.25) is 4.79 Å². The topological polar surface area (TPSA) is 45.7 Å². The van der Waals surface area contributed by atoms with Crippen molar-refractivity contribution >= 4 is 17.5 Å². The van der Waals surface area contributed by atoms with Crippen molar-refractivity contribution in [2.45, 2.75) is 51.6 Å². The lowest BCUT2D eigenvalue weighted by molar-refractivity contribution is -0.682. The number of hydrogen-bond acceptors (Lipinski definition) is 1. The quantitative estimate of drug-likeness (QED) is 0.863. The van der Waals surface area contributed by atoms with Crippen LogP contribution in [0.25, 0.3) is 0 Å². The second-order valence-electron chi connectivity index (χ2n) is 6.19. The molecule has 0 aliphatic heterocycles. The predicted octanol–water partition coefficient (Wildman–Crippen LogP) is 2.66. The summed E-state index contributed by atoms with van der Waals surface area (Å²) in [6.07, 6.45) is 4.87. The van der Waals surface area contributed by atoms with E-state index in [-0.39, 0.29) is 11.9 Å². The number of hydrogen-bond donors (Lipinski definition) is 2. The van der Waals surface area contributed by atoms with Crippen molar-refractivity contribution in [1.82, 2.24) is 5.32 Å². The van der Waals surface area contributed by atoms with Crippen molar-refractivity contribution in [3.63, 3.8) is 0 Å². The van der Waals surface area contributed by atoms with E-state index in [1.807, 2.05) is 29.6 Å². The van der Waals surface area contributed by atoms with Gasteiger partial charge in [0.05, 0.1) is 0 Å². The zero-order valence-electron chi connectivity index (χ0n) is 12.9. The Kier molecular flexibility index (Phi) is 6.07. The summed E-state index contributed by atoms with van der Waals surface area (Å²) in [7, 11) is 0. The zero-order chi connectivity index (χ0) is 15.2. The molecule has 1 amide bonds. The van der Waals surface area contributed by atoms with Gasteiger partial charge in [-0.2, -0.15) is 0 Å². The summed E-state index contributed by atoms with van der Waals surface area (Å²) in [5.41, 5.74) is 1.08. The molecular weight excluding hydrogens is 284 g/mol. The van der Waals surface area contributed by atoms with E-state index >= 15 is 0 Å². The van der Waals surface area contributed by atoms with Crippen LogP contribution in [0.1, 0.15) is 51.1 Å². The minimum atomic E-state index is 0.132. The molecule has 2 rings (SSSR count). The van der Waals surface area contributed by atoms with E-state index in [0.717, 1.165) is 17.0 Å². The molecule has 1 aliphatic rings. The average molecular weight is 310 g/mol. The number of carbonyl (C=O) groups excluding carboxylic acids is 1. The summed E-state index contributed by atoms with van der Waals surface area (Å²) in [4.78, 5) is 12.1. The third-order valence-electron chi connectivity index (χ3n) is 4.51. The van der Waals surface area contributed by atoms with Crippen LogP contribution in [0, 0.1) is 5.92 Å². The molecule has 0 radical (unpaired) electrons. The summed E-state index contributed by atoms with van der Waals surface area (Å²) >= 11 is 6.19. The molecule has 0 heterocycles. The minimum Gasteiger partial charge on any atom is -0.348 e. The Morgan fingerprint density at radius 1 is 1.38 bits per heavy atom. The summed E-state index contributed by atoms with van der Waals surface area (Å²) in [6.45, 7) is 4.77. The molecular formula is C17H26ClN2O+. The van der Waals surface area contributed by atoms with Crippen molar-refractivity contribution in [2.24, 2.45) is 5.92 Å². The van der Waals surface area contributed by atoms with Crippen LogP contribution in [-0.2, 0) is 4.79 Å². The molecule has 1 aromatic carbocycles. The molecule has 1 aromatic rings. The lowest BCUT2D eigenvalue weighted by Gasteiger charge is -2.29.